The summed E-state index contributed by atoms with van der Waals surface area (Å²) in [5, 5.41) is 11.1. The zero-order valence-corrected chi connectivity index (χ0v) is 13.4. The number of benzene rings is 1. The molecule has 0 unspecified atom stereocenters. The van der Waals surface area contributed by atoms with Crippen molar-refractivity contribution in [3.63, 3.8) is 0 Å². The van der Waals surface area contributed by atoms with Gasteiger partial charge in [0.15, 0.2) is 11.5 Å². The Bertz CT molecular complexity index is 524. The molecule has 0 aliphatic carbocycles. The van der Waals surface area contributed by atoms with Crippen molar-refractivity contribution in [3.05, 3.63) is 23.8 Å². The van der Waals surface area contributed by atoms with E-state index in [4.69, 9.17) is 14.7 Å². The normalized spacial score (nSPS) is 10.1. The predicted octanol–water partition coefficient (Wildman–Crippen LogP) is 1.56. The second-order valence-electron chi connectivity index (χ2n) is 5.10. The topological polar surface area (TPSA) is 74.6 Å². The van der Waals surface area contributed by atoms with Crippen molar-refractivity contribution in [2.24, 2.45) is 0 Å². The highest BCUT2D eigenvalue weighted by molar-refractivity contribution is 5.77. The van der Waals surface area contributed by atoms with Crippen molar-refractivity contribution < 1.29 is 14.3 Å². The Morgan fingerprint density at radius 1 is 1.36 bits per heavy atom. The van der Waals surface area contributed by atoms with Gasteiger partial charge in [0.1, 0.15) is 6.42 Å². The van der Waals surface area contributed by atoms with E-state index >= 15 is 0 Å². The molecule has 6 heteroatoms. The van der Waals surface area contributed by atoms with Gasteiger partial charge in [0, 0.05) is 13.1 Å². The third-order valence-electron chi connectivity index (χ3n) is 2.96. The molecule has 1 rings (SSSR count). The Balaban J connectivity index is 2.60. The summed E-state index contributed by atoms with van der Waals surface area (Å²) in [5.41, 5.74) is 0.898. The highest BCUT2D eigenvalue weighted by Gasteiger charge is 2.07. The summed E-state index contributed by atoms with van der Waals surface area (Å²) in [6.45, 7) is 1.91. The van der Waals surface area contributed by atoms with Crippen LogP contribution in [-0.4, -0.2) is 45.2 Å². The van der Waals surface area contributed by atoms with Crippen molar-refractivity contribution in [2.75, 3.05) is 34.4 Å². The monoisotopic (exact) mass is 305 g/mol. The van der Waals surface area contributed by atoms with E-state index in [0.29, 0.717) is 24.7 Å². The van der Waals surface area contributed by atoms with Crippen molar-refractivity contribution in [1.82, 2.24) is 10.2 Å². The first-order chi connectivity index (χ1) is 10.6. The van der Waals surface area contributed by atoms with Gasteiger partial charge in [0.25, 0.3) is 0 Å². The molecule has 0 heterocycles. The third-order valence-corrected chi connectivity index (χ3v) is 2.96. The molecule has 0 spiro atoms. The van der Waals surface area contributed by atoms with E-state index in [1.54, 1.807) is 7.11 Å². The minimum atomic E-state index is -0.285. The fraction of sp³-hybridized carbons (Fsp3) is 0.500. The number of hydrogen-bond donors (Lipinski definition) is 1. The molecule has 1 N–H and O–H groups in total. The van der Waals surface area contributed by atoms with E-state index in [-0.39, 0.29) is 12.3 Å². The number of carbonyl (C=O) groups is 1. The lowest BCUT2D eigenvalue weighted by Crippen LogP contribution is -2.21. The Labute approximate surface area is 131 Å². The molecule has 0 aliphatic rings. The minimum Gasteiger partial charge on any atom is -0.493 e. The maximum absolute atomic E-state index is 11.3. The fourth-order valence-corrected chi connectivity index (χ4v) is 1.84. The zero-order valence-electron chi connectivity index (χ0n) is 13.4. The van der Waals surface area contributed by atoms with E-state index in [1.807, 2.05) is 38.4 Å². The van der Waals surface area contributed by atoms with Gasteiger partial charge in [-0.1, -0.05) is 6.07 Å². The van der Waals surface area contributed by atoms with E-state index < -0.39 is 0 Å². The molecule has 0 saturated heterocycles. The van der Waals surface area contributed by atoms with Gasteiger partial charge in [0.05, 0.1) is 19.8 Å². The van der Waals surface area contributed by atoms with E-state index in [9.17, 15) is 4.79 Å². The molecule has 0 aromatic heterocycles. The zero-order chi connectivity index (χ0) is 16.4. The number of nitrogens with one attached hydrogen (secondary N) is 1. The van der Waals surface area contributed by atoms with Crippen LogP contribution in [0.5, 0.6) is 11.5 Å². The molecular weight excluding hydrogens is 282 g/mol. The molecule has 0 aliphatic heterocycles. The van der Waals surface area contributed by atoms with E-state index in [1.165, 1.54) is 0 Å². The van der Waals surface area contributed by atoms with Crippen molar-refractivity contribution in [1.29, 1.82) is 5.26 Å². The van der Waals surface area contributed by atoms with Gasteiger partial charge in [-0.15, -0.1) is 0 Å². The second-order valence-corrected chi connectivity index (χ2v) is 5.10. The number of carbonyl (C=O) groups excluding carboxylic acids is 1. The lowest BCUT2D eigenvalue weighted by atomic mass is 10.2. The largest absolute Gasteiger partial charge is 0.493 e. The maximum Gasteiger partial charge on any atom is 0.234 e. The average Bonchev–Trinajstić information content (AvgIpc) is 2.49. The van der Waals surface area contributed by atoms with Crippen LogP contribution in [0.1, 0.15) is 18.4 Å². The van der Waals surface area contributed by atoms with Crippen LogP contribution in [0.4, 0.5) is 0 Å². The van der Waals surface area contributed by atoms with Crippen LogP contribution in [0, 0.1) is 11.3 Å². The van der Waals surface area contributed by atoms with Gasteiger partial charge in [0.2, 0.25) is 5.91 Å². The number of nitrogens with zero attached hydrogens (tertiary/aromatic N) is 2. The first-order valence-electron chi connectivity index (χ1n) is 7.15. The summed E-state index contributed by atoms with van der Waals surface area (Å²) in [6.07, 6.45) is 0.781. The Kier molecular flexibility index (Phi) is 7.79. The van der Waals surface area contributed by atoms with E-state index in [2.05, 4.69) is 10.2 Å². The minimum absolute atomic E-state index is 0.135. The van der Waals surface area contributed by atoms with Crippen molar-refractivity contribution in [3.8, 4) is 17.6 Å². The SMILES string of the molecule is COc1ccc(CNC(=O)CC#N)cc1OCCCN(C)C. The Morgan fingerprint density at radius 3 is 2.77 bits per heavy atom. The number of rotatable bonds is 9. The first-order valence-corrected chi connectivity index (χ1v) is 7.15. The summed E-state index contributed by atoms with van der Waals surface area (Å²) in [5.74, 6) is 1.04. The number of methoxy groups -OCH3 is 1. The van der Waals surface area contributed by atoms with Crippen molar-refractivity contribution in [2.45, 2.75) is 19.4 Å². The van der Waals surface area contributed by atoms with Crippen LogP contribution in [0.25, 0.3) is 0 Å². The lowest BCUT2D eigenvalue weighted by Gasteiger charge is -2.14. The van der Waals surface area contributed by atoms with Crippen LogP contribution in [0.15, 0.2) is 18.2 Å². The smallest absolute Gasteiger partial charge is 0.234 e. The summed E-state index contributed by atoms with van der Waals surface area (Å²) in [4.78, 5) is 13.4. The molecule has 0 atom stereocenters. The third kappa shape index (κ3) is 6.46. The molecule has 0 radical (unpaired) electrons. The average molecular weight is 305 g/mol. The van der Waals surface area contributed by atoms with Crippen LogP contribution >= 0.6 is 0 Å². The second kappa shape index (κ2) is 9.64. The van der Waals surface area contributed by atoms with Gasteiger partial charge in [-0.2, -0.15) is 5.26 Å². The van der Waals surface area contributed by atoms with Crippen LogP contribution in [0.3, 0.4) is 0 Å². The molecule has 0 saturated carbocycles. The molecule has 1 amide bonds. The van der Waals surface area contributed by atoms with Crippen LogP contribution in [0.2, 0.25) is 0 Å². The van der Waals surface area contributed by atoms with E-state index in [0.717, 1.165) is 18.5 Å². The highest BCUT2D eigenvalue weighted by atomic mass is 16.5. The quantitative estimate of drug-likeness (QED) is 0.701. The number of amides is 1. The first kappa shape index (κ1) is 17.8. The highest BCUT2D eigenvalue weighted by Crippen LogP contribution is 2.28. The molecule has 6 nitrogen and oxygen atoms in total. The van der Waals surface area contributed by atoms with Gasteiger partial charge in [-0.3, -0.25) is 4.79 Å². The fourth-order valence-electron chi connectivity index (χ4n) is 1.84. The number of ether oxygens (including phenoxy) is 2. The predicted molar refractivity (Wildman–Crippen MR) is 83.7 cm³/mol. The van der Waals surface area contributed by atoms with Crippen LogP contribution < -0.4 is 14.8 Å². The Hall–Kier alpha value is -2.26. The number of nitriles is 1. The summed E-state index contributed by atoms with van der Waals surface area (Å²) in [7, 11) is 5.63. The van der Waals surface area contributed by atoms with Gasteiger partial charge >= 0.3 is 0 Å². The molecular formula is C16H23N3O3. The summed E-state index contributed by atoms with van der Waals surface area (Å²) >= 11 is 0. The maximum atomic E-state index is 11.3. The van der Waals surface area contributed by atoms with Gasteiger partial charge < -0.3 is 19.7 Å². The number of hydrogen-bond acceptors (Lipinski definition) is 5. The lowest BCUT2D eigenvalue weighted by molar-refractivity contribution is -0.120. The summed E-state index contributed by atoms with van der Waals surface area (Å²) in [6, 6.07) is 7.34. The molecule has 1 aromatic rings. The van der Waals surface area contributed by atoms with Gasteiger partial charge in [-0.05, 0) is 38.2 Å². The van der Waals surface area contributed by atoms with Crippen molar-refractivity contribution >= 4 is 5.91 Å². The Morgan fingerprint density at radius 2 is 2.14 bits per heavy atom. The van der Waals surface area contributed by atoms with Gasteiger partial charge in [-0.25, -0.2) is 0 Å². The summed E-state index contributed by atoms with van der Waals surface area (Å²) < 4.78 is 11.0. The molecule has 22 heavy (non-hydrogen) atoms. The van der Waals surface area contributed by atoms with Crippen LogP contribution in [-0.2, 0) is 11.3 Å². The molecule has 0 fully saturated rings. The standard InChI is InChI=1S/C16H23N3O3/c1-19(2)9-4-10-22-15-11-13(5-6-14(15)21-3)12-18-16(20)7-8-17/h5-6,11H,4,7,9-10,12H2,1-3H3,(H,18,20). The molecule has 120 valence electrons. The molecule has 0 bridgehead atoms. The molecule has 1 aromatic carbocycles.